The monoisotopic (exact) mass is 228 g/mol. The van der Waals surface area contributed by atoms with Crippen LogP contribution in [0.3, 0.4) is 0 Å². The Morgan fingerprint density at radius 1 is 1.41 bits per heavy atom. The second-order valence-electron chi connectivity index (χ2n) is 3.98. The van der Waals surface area contributed by atoms with Crippen molar-refractivity contribution in [2.75, 3.05) is 5.73 Å². The molecule has 0 spiro atoms. The summed E-state index contributed by atoms with van der Waals surface area (Å²) in [6, 6.07) is 7.20. The number of nitrogen functional groups attached to an aromatic ring is 1. The number of H-pyrrole nitrogens is 1. The van der Waals surface area contributed by atoms with Gasteiger partial charge in [-0.2, -0.15) is 5.10 Å². The minimum absolute atomic E-state index is 0.234. The Morgan fingerprint density at radius 3 is 2.94 bits per heavy atom. The second kappa shape index (κ2) is 3.28. The molecule has 5 heteroatoms. The van der Waals surface area contributed by atoms with Gasteiger partial charge in [-0.05, 0) is 6.07 Å². The number of para-hydroxylation sites is 1. The highest BCUT2D eigenvalue weighted by molar-refractivity contribution is 5.97. The fraction of sp³-hybridized carbons (Fsp3) is 0.0833. The lowest BCUT2D eigenvalue weighted by Crippen LogP contribution is -1.96. The normalized spacial score (nSPS) is 11.1. The van der Waals surface area contributed by atoms with Crippen LogP contribution in [-0.2, 0) is 7.05 Å². The summed E-state index contributed by atoms with van der Waals surface area (Å²) >= 11 is 0. The highest BCUT2D eigenvalue weighted by Crippen LogP contribution is 2.32. The molecule has 0 aliphatic carbocycles. The summed E-state index contributed by atoms with van der Waals surface area (Å²) in [6.07, 6.45) is 1.83. The number of nitrogens with two attached hydrogens (primary N) is 1. The van der Waals surface area contributed by atoms with Crippen molar-refractivity contribution in [3.63, 3.8) is 0 Å². The van der Waals surface area contributed by atoms with E-state index in [9.17, 15) is 5.11 Å². The van der Waals surface area contributed by atoms with Crippen LogP contribution in [0.5, 0.6) is 5.75 Å². The molecule has 0 radical (unpaired) electrons. The summed E-state index contributed by atoms with van der Waals surface area (Å²) in [4.78, 5) is 3.04. The number of anilines is 1. The van der Waals surface area contributed by atoms with Crippen molar-refractivity contribution < 1.29 is 5.11 Å². The molecular weight excluding hydrogens is 216 g/mol. The quantitative estimate of drug-likeness (QED) is 0.594. The van der Waals surface area contributed by atoms with Crippen LogP contribution in [0.25, 0.3) is 22.2 Å². The molecule has 4 N–H and O–H groups in total. The molecule has 3 rings (SSSR count). The minimum Gasteiger partial charge on any atom is -0.506 e. The molecule has 17 heavy (non-hydrogen) atoms. The van der Waals surface area contributed by atoms with E-state index in [1.165, 1.54) is 0 Å². The highest BCUT2D eigenvalue weighted by atomic mass is 16.3. The standard InChI is InChI=1S/C12H12N4O/c1-16-11(13)5-9(15-16)8-6-14-12-7(8)3-2-4-10(12)17/h2-6,14,17H,13H2,1H3. The molecule has 0 saturated carbocycles. The molecular formula is C12H12N4O. The van der Waals surface area contributed by atoms with E-state index in [0.29, 0.717) is 11.3 Å². The Hall–Kier alpha value is -2.43. The van der Waals surface area contributed by atoms with E-state index < -0.39 is 0 Å². The predicted octanol–water partition coefficient (Wildman–Crippen LogP) is 1.86. The number of phenols is 1. The average Bonchev–Trinajstić information content (AvgIpc) is 2.85. The first kappa shape index (κ1) is 9.77. The number of hydrogen-bond acceptors (Lipinski definition) is 3. The van der Waals surface area contributed by atoms with Crippen molar-refractivity contribution in [3.05, 3.63) is 30.5 Å². The molecule has 0 amide bonds. The first-order valence-electron chi connectivity index (χ1n) is 5.26. The number of phenolic OH excluding ortho intramolecular Hbond substituents is 1. The van der Waals surface area contributed by atoms with Crippen molar-refractivity contribution in [3.8, 4) is 17.0 Å². The van der Waals surface area contributed by atoms with Gasteiger partial charge in [0.15, 0.2) is 0 Å². The van der Waals surface area contributed by atoms with E-state index in [2.05, 4.69) is 10.1 Å². The zero-order chi connectivity index (χ0) is 12.0. The Labute approximate surface area is 97.5 Å². The van der Waals surface area contributed by atoms with Gasteiger partial charge in [-0.15, -0.1) is 0 Å². The van der Waals surface area contributed by atoms with E-state index >= 15 is 0 Å². The first-order valence-corrected chi connectivity index (χ1v) is 5.26. The summed E-state index contributed by atoms with van der Waals surface area (Å²) < 4.78 is 1.62. The van der Waals surface area contributed by atoms with Crippen LogP contribution in [-0.4, -0.2) is 19.9 Å². The van der Waals surface area contributed by atoms with E-state index in [1.54, 1.807) is 23.9 Å². The summed E-state index contributed by atoms with van der Waals surface area (Å²) in [5, 5.41) is 15.0. The fourth-order valence-electron chi connectivity index (χ4n) is 1.96. The zero-order valence-corrected chi connectivity index (χ0v) is 9.31. The molecule has 0 saturated heterocycles. The molecule has 2 heterocycles. The van der Waals surface area contributed by atoms with Gasteiger partial charge in [-0.25, -0.2) is 0 Å². The van der Waals surface area contributed by atoms with E-state index in [0.717, 1.165) is 16.6 Å². The molecule has 0 aliphatic heterocycles. The fourth-order valence-corrected chi connectivity index (χ4v) is 1.96. The van der Waals surface area contributed by atoms with Gasteiger partial charge in [0.05, 0.1) is 11.2 Å². The molecule has 5 nitrogen and oxygen atoms in total. The number of aromatic amines is 1. The molecule has 0 aliphatic rings. The van der Waals surface area contributed by atoms with Gasteiger partial charge in [0.25, 0.3) is 0 Å². The van der Waals surface area contributed by atoms with Crippen LogP contribution in [0.2, 0.25) is 0 Å². The van der Waals surface area contributed by atoms with Crippen LogP contribution < -0.4 is 5.73 Å². The number of nitrogens with zero attached hydrogens (tertiary/aromatic N) is 2. The Morgan fingerprint density at radius 2 is 2.24 bits per heavy atom. The van der Waals surface area contributed by atoms with Crippen molar-refractivity contribution in [1.29, 1.82) is 0 Å². The van der Waals surface area contributed by atoms with Crippen LogP contribution in [0.4, 0.5) is 5.82 Å². The summed E-state index contributed by atoms with van der Waals surface area (Å²) in [5.41, 5.74) is 8.20. The van der Waals surface area contributed by atoms with Crippen molar-refractivity contribution in [2.24, 2.45) is 7.05 Å². The number of fused-ring (bicyclic) bond motifs is 1. The van der Waals surface area contributed by atoms with Crippen LogP contribution in [0.1, 0.15) is 0 Å². The molecule has 86 valence electrons. The molecule has 1 aromatic carbocycles. The highest BCUT2D eigenvalue weighted by Gasteiger charge is 2.11. The Balaban J connectivity index is 2.28. The van der Waals surface area contributed by atoms with Gasteiger partial charge in [0, 0.05) is 30.3 Å². The summed E-state index contributed by atoms with van der Waals surface area (Å²) in [6.45, 7) is 0. The maximum atomic E-state index is 9.71. The minimum atomic E-state index is 0.234. The van der Waals surface area contributed by atoms with E-state index in [-0.39, 0.29) is 5.75 Å². The van der Waals surface area contributed by atoms with Gasteiger partial charge >= 0.3 is 0 Å². The lowest BCUT2D eigenvalue weighted by Gasteiger charge is -1.95. The predicted molar refractivity (Wildman–Crippen MR) is 66.6 cm³/mol. The van der Waals surface area contributed by atoms with Crippen LogP contribution >= 0.6 is 0 Å². The lowest BCUT2D eigenvalue weighted by atomic mass is 10.1. The number of rotatable bonds is 1. The molecule has 0 atom stereocenters. The number of hydrogen-bond donors (Lipinski definition) is 3. The third-order valence-corrected chi connectivity index (χ3v) is 2.89. The molecule has 0 fully saturated rings. The van der Waals surface area contributed by atoms with Crippen LogP contribution in [0.15, 0.2) is 30.5 Å². The van der Waals surface area contributed by atoms with E-state index in [1.807, 2.05) is 18.3 Å². The summed E-state index contributed by atoms with van der Waals surface area (Å²) in [7, 11) is 1.80. The van der Waals surface area contributed by atoms with E-state index in [4.69, 9.17) is 5.73 Å². The van der Waals surface area contributed by atoms with Gasteiger partial charge < -0.3 is 15.8 Å². The maximum absolute atomic E-state index is 9.71. The van der Waals surface area contributed by atoms with Crippen molar-refractivity contribution in [1.82, 2.24) is 14.8 Å². The number of aromatic nitrogens is 3. The van der Waals surface area contributed by atoms with Crippen LogP contribution in [0, 0.1) is 0 Å². The first-order chi connectivity index (χ1) is 8.16. The maximum Gasteiger partial charge on any atom is 0.139 e. The molecule has 3 aromatic rings. The van der Waals surface area contributed by atoms with Crippen molar-refractivity contribution >= 4 is 16.7 Å². The topological polar surface area (TPSA) is 79.9 Å². The number of aryl methyl sites for hydroxylation is 1. The van der Waals surface area contributed by atoms with Gasteiger partial charge in [0.2, 0.25) is 0 Å². The molecule has 0 bridgehead atoms. The molecule has 2 aromatic heterocycles. The largest absolute Gasteiger partial charge is 0.506 e. The number of nitrogens with one attached hydrogen (secondary N) is 1. The van der Waals surface area contributed by atoms with Crippen molar-refractivity contribution in [2.45, 2.75) is 0 Å². The third kappa shape index (κ3) is 1.36. The average molecular weight is 228 g/mol. The second-order valence-corrected chi connectivity index (χ2v) is 3.98. The Kier molecular flexibility index (Phi) is 1.89. The SMILES string of the molecule is Cn1nc(-c2c[nH]c3c(O)cccc23)cc1N. The zero-order valence-electron chi connectivity index (χ0n) is 9.31. The van der Waals surface area contributed by atoms with Gasteiger partial charge in [0.1, 0.15) is 11.6 Å². The van der Waals surface area contributed by atoms with Gasteiger partial charge in [-0.1, -0.05) is 12.1 Å². The molecule has 0 unspecified atom stereocenters. The summed E-state index contributed by atoms with van der Waals surface area (Å²) in [5.74, 6) is 0.840. The van der Waals surface area contributed by atoms with Gasteiger partial charge in [-0.3, -0.25) is 4.68 Å². The third-order valence-electron chi connectivity index (χ3n) is 2.89. The Bertz CT molecular complexity index is 676. The number of aromatic hydroxyl groups is 1. The smallest absolute Gasteiger partial charge is 0.139 e. The lowest BCUT2D eigenvalue weighted by molar-refractivity contribution is 0.480. The number of benzene rings is 1.